The van der Waals surface area contributed by atoms with E-state index in [1.54, 1.807) is 25.1 Å². The number of aromatic nitrogens is 4. The predicted molar refractivity (Wildman–Crippen MR) is 115 cm³/mol. The van der Waals surface area contributed by atoms with E-state index in [9.17, 15) is 0 Å². The zero-order valence-corrected chi connectivity index (χ0v) is 17.6. The van der Waals surface area contributed by atoms with Gasteiger partial charge in [0.2, 0.25) is 0 Å². The van der Waals surface area contributed by atoms with Gasteiger partial charge >= 0.3 is 0 Å². The summed E-state index contributed by atoms with van der Waals surface area (Å²) in [6.45, 7) is 3.43. The number of nitrogens with zero attached hydrogens (tertiary/aromatic N) is 5. The van der Waals surface area contributed by atoms with Crippen LogP contribution in [0.2, 0.25) is 0 Å². The van der Waals surface area contributed by atoms with E-state index in [2.05, 4.69) is 11.8 Å². The molecule has 0 saturated heterocycles. The predicted octanol–water partition coefficient (Wildman–Crippen LogP) is 3.12. The Morgan fingerprint density at radius 2 is 2.14 bits per heavy atom. The number of fused-ring (bicyclic) bond motifs is 1. The van der Waals surface area contributed by atoms with E-state index in [1.807, 2.05) is 36.0 Å². The number of benzene rings is 1. The number of rotatable bonds is 6. The molecule has 152 valence electrons. The number of methoxy groups -OCH3 is 1. The summed E-state index contributed by atoms with van der Waals surface area (Å²) in [5, 5.41) is 0.701. The van der Waals surface area contributed by atoms with Crippen LogP contribution < -0.4 is 15.4 Å². The molecule has 2 aromatic heterocycles. The Morgan fingerprint density at radius 1 is 1.28 bits per heavy atom. The molecule has 4 rings (SSSR count). The van der Waals surface area contributed by atoms with Gasteiger partial charge in [0.1, 0.15) is 18.2 Å². The summed E-state index contributed by atoms with van der Waals surface area (Å²) in [4.78, 5) is 16.5. The van der Waals surface area contributed by atoms with Gasteiger partial charge in [-0.2, -0.15) is 0 Å². The van der Waals surface area contributed by atoms with Crippen LogP contribution in [0.4, 0.5) is 11.5 Å². The Bertz CT molecular complexity index is 1060. The van der Waals surface area contributed by atoms with E-state index in [0.29, 0.717) is 29.0 Å². The number of hydrogen-bond donors (Lipinski definition) is 1. The first-order valence-electron chi connectivity index (χ1n) is 9.44. The lowest BCUT2D eigenvalue weighted by molar-refractivity contribution is 0.245. The van der Waals surface area contributed by atoms with Gasteiger partial charge in [-0.1, -0.05) is 24.8 Å². The minimum absolute atomic E-state index is 0.614. The van der Waals surface area contributed by atoms with Crippen molar-refractivity contribution in [3.63, 3.8) is 0 Å². The number of hydrogen-bond acceptors (Lipinski definition) is 8. The highest BCUT2D eigenvalue weighted by Crippen LogP contribution is 2.31. The molecule has 0 radical (unpaired) electrons. The van der Waals surface area contributed by atoms with Crippen molar-refractivity contribution in [2.24, 2.45) is 7.05 Å². The standard InChI is InChI=1S/C20H24N6O2S/c1-4-16-22-17-18(25(16)2)23-20(24-19(17)26-7-9-28-10-8-26)29-12-13-5-6-15(27-3)14(21)11-13/h5-7,9,11H,4,8,10,12,21H2,1-3H3. The fraction of sp³-hybridized carbons (Fsp3) is 0.350. The van der Waals surface area contributed by atoms with Gasteiger partial charge in [0, 0.05) is 25.4 Å². The number of aryl methyl sites for hydroxylation is 2. The summed E-state index contributed by atoms with van der Waals surface area (Å²) >= 11 is 1.57. The molecular formula is C20H24N6O2S. The highest BCUT2D eigenvalue weighted by Gasteiger charge is 2.20. The van der Waals surface area contributed by atoms with Crippen molar-refractivity contribution in [2.75, 3.05) is 30.9 Å². The third-order valence-electron chi connectivity index (χ3n) is 4.81. The summed E-state index contributed by atoms with van der Waals surface area (Å²) in [7, 11) is 3.61. The summed E-state index contributed by atoms with van der Waals surface area (Å²) in [6.07, 6.45) is 4.41. The highest BCUT2D eigenvalue weighted by atomic mass is 32.2. The smallest absolute Gasteiger partial charge is 0.191 e. The lowest BCUT2D eigenvalue weighted by atomic mass is 10.2. The maximum absolute atomic E-state index is 6.03. The zero-order chi connectivity index (χ0) is 20.4. The average molecular weight is 413 g/mol. The van der Waals surface area contributed by atoms with Crippen molar-refractivity contribution in [3.05, 3.63) is 42.0 Å². The van der Waals surface area contributed by atoms with Crippen molar-refractivity contribution in [1.29, 1.82) is 0 Å². The normalized spacial score (nSPS) is 13.7. The fourth-order valence-electron chi connectivity index (χ4n) is 3.26. The van der Waals surface area contributed by atoms with E-state index in [-0.39, 0.29) is 0 Å². The monoisotopic (exact) mass is 412 g/mol. The van der Waals surface area contributed by atoms with E-state index in [0.717, 1.165) is 41.3 Å². The first-order chi connectivity index (χ1) is 14.1. The minimum atomic E-state index is 0.614. The van der Waals surface area contributed by atoms with Gasteiger partial charge in [-0.3, -0.25) is 0 Å². The van der Waals surface area contributed by atoms with Crippen LogP contribution in [-0.4, -0.2) is 39.8 Å². The molecule has 9 heteroatoms. The third kappa shape index (κ3) is 3.82. The summed E-state index contributed by atoms with van der Waals surface area (Å²) in [5.74, 6) is 3.18. The molecule has 0 unspecified atom stereocenters. The molecule has 0 atom stereocenters. The van der Waals surface area contributed by atoms with E-state index >= 15 is 0 Å². The topological polar surface area (TPSA) is 91.3 Å². The molecule has 1 aromatic carbocycles. The second-order valence-electron chi connectivity index (χ2n) is 6.66. The number of nitrogens with two attached hydrogens (primary N) is 1. The summed E-state index contributed by atoms with van der Waals surface area (Å²) in [6, 6.07) is 5.81. The molecule has 0 saturated carbocycles. The van der Waals surface area contributed by atoms with Crippen molar-refractivity contribution < 1.29 is 9.47 Å². The van der Waals surface area contributed by atoms with Crippen LogP contribution >= 0.6 is 11.8 Å². The SMILES string of the molecule is CCc1nc2c(N3C=COCC3)nc(SCc3ccc(OC)c(N)c3)nc2n1C. The number of thioether (sulfide) groups is 1. The highest BCUT2D eigenvalue weighted by molar-refractivity contribution is 7.98. The van der Waals surface area contributed by atoms with Gasteiger partial charge in [0.05, 0.1) is 25.6 Å². The minimum Gasteiger partial charge on any atom is -0.498 e. The van der Waals surface area contributed by atoms with Gasteiger partial charge in [-0.05, 0) is 17.7 Å². The van der Waals surface area contributed by atoms with Crippen molar-refractivity contribution >= 4 is 34.4 Å². The maximum atomic E-state index is 6.03. The maximum Gasteiger partial charge on any atom is 0.191 e. The van der Waals surface area contributed by atoms with Crippen LogP contribution in [0.3, 0.4) is 0 Å². The molecule has 1 aliphatic heterocycles. The Hall–Kier alpha value is -2.94. The van der Waals surface area contributed by atoms with E-state index < -0.39 is 0 Å². The molecule has 0 aliphatic carbocycles. The fourth-order valence-corrected chi connectivity index (χ4v) is 4.04. The zero-order valence-electron chi connectivity index (χ0n) is 16.8. The molecule has 3 aromatic rings. The Kier molecular flexibility index (Phi) is 5.48. The quantitative estimate of drug-likeness (QED) is 0.375. The number of imidazole rings is 1. The number of nitrogen functional groups attached to an aromatic ring is 1. The van der Waals surface area contributed by atoms with Crippen LogP contribution in [0.1, 0.15) is 18.3 Å². The molecule has 8 nitrogen and oxygen atoms in total. The van der Waals surface area contributed by atoms with Gasteiger partial charge in [0.15, 0.2) is 22.1 Å². The van der Waals surface area contributed by atoms with Crippen LogP contribution in [0, 0.1) is 0 Å². The summed E-state index contributed by atoms with van der Waals surface area (Å²) in [5.41, 5.74) is 9.39. The molecule has 3 heterocycles. The van der Waals surface area contributed by atoms with Crippen molar-refractivity contribution in [1.82, 2.24) is 19.5 Å². The van der Waals surface area contributed by atoms with Gasteiger partial charge < -0.3 is 24.7 Å². The number of anilines is 2. The van der Waals surface area contributed by atoms with Crippen LogP contribution in [0.25, 0.3) is 11.2 Å². The second kappa shape index (κ2) is 8.20. The third-order valence-corrected chi connectivity index (χ3v) is 5.73. The van der Waals surface area contributed by atoms with Gasteiger partial charge in [-0.15, -0.1) is 0 Å². The molecule has 0 amide bonds. The molecular weight excluding hydrogens is 388 g/mol. The first kappa shape index (κ1) is 19.4. The second-order valence-corrected chi connectivity index (χ2v) is 7.60. The van der Waals surface area contributed by atoms with Gasteiger partial charge in [0.25, 0.3) is 0 Å². The molecule has 29 heavy (non-hydrogen) atoms. The van der Waals surface area contributed by atoms with Crippen molar-refractivity contribution in [3.8, 4) is 5.75 Å². The van der Waals surface area contributed by atoms with Crippen LogP contribution in [0.5, 0.6) is 5.75 Å². The Balaban J connectivity index is 1.68. The Morgan fingerprint density at radius 3 is 2.83 bits per heavy atom. The molecule has 2 N–H and O–H groups in total. The van der Waals surface area contributed by atoms with E-state index in [1.165, 1.54) is 0 Å². The number of ether oxygens (including phenoxy) is 2. The van der Waals surface area contributed by atoms with E-state index in [4.69, 9.17) is 30.2 Å². The lowest BCUT2D eigenvalue weighted by Crippen LogP contribution is -2.25. The van der Waals surface area contributed by atoms with Gasteiger partial charge in [-0.25, -0.2) is 15.0 Å². The lowest BCUT2D eigenvalue weighted by Gasteiger charge is -2.22. The molecule has 1 aliphatic rings. The van der Waals surface area contributed by atoms with Crippen LogP contribution in [-0.2, 0) is 24.0 Å². The van der Waals surface area contributed by atoms with Crippen molar-refractivity contribution in [2.45, 2.75) is 24.3 Å². The largest absolute Gasteiger partial charge is 0.498 e. The molecule has 0 fully saturated rings. The Labute approximate surface area is 173 Å². The van der Waals surface area contributed by atoms with Crippen LogP contribution in [0.15, 0.2) is 35.8 Å². The average Bonchev–Trinajstić information content (AvgIpc) is 3.08. The molecule has 0 spiro atoms. The molecule has 0 bridgehead atoms. The first-order valence-corrected chi connectivity index (χ1v) is 10.4. The summed E-state index contributed by atoms with van der Waals surface area (Å²) < 4.78 is 12.6.